The fraction of sp³-hybridized carbons (Fsp3) is 0.0417. The number of hydrogen-bond donors (Lipinski definition) is 0. The van der Waals surface area contributed by atoms with E-state index in [-0.39, 0.29) is 0 Å². The highest BCUT2D eigenvalue weighted by atomic mass is 15.1. The summed E-state index contributed by atoms with van der Waals surface area (Å²) in [4.78, 5) is 2.41. The van der Waals surface area contributed by atoms with E-state index in [0.717, 1.165) is 18.7 Å². The quantitative estimate of drug-likeness (QED) is 0.182. The molecule has 0 fully saturated rings. The first-order valence-electron chi connectivity index (χ1n) is 17.4. The molecule has 2 heterocycles. The monoisotopic (exact) mass is 640 g/mol. The topological polar surface area (TPSA) is 8.17 Å². The molecule has 0 unspecified atom stereocenters. The van der Waals surface area contributed by atoms with Crippen molar-refractivity contribution in [1.29, 1.82) is 0 Å². The van der Waals surface area contributed by atoms with Gasteiger partial charge in [0.25, 0.3) is 0 Å². The standard InChI is InChI=1S/C48H36N2/c1-2-15-29-49(42-21-11-5-12-22-42)46-28-26-37(30-39(46)20-6-1)38-25-27-45-44-23-13-14-24-47(44)50(48(45)34-38)43-32-40(35-16-7-3-8-17-35)31-41(33-43)36-18-9-4-10-19-36/h1-19,21-28,30-34H,20,29H2. The van der Waals surface area contributed by atoms with Gasteiger partial charge in [-0.3, -0.25) is 0 Å². The second-order valence-electron chi connectivity index (χ2n) is 12.9. The lowest BCUT2D eigenvalue weighted by molar-refractivity contribution is 1.07. The summed E-state index contributed by atoms with van der Waals surface area (Å²) in [7, 11) is 0. The fourth-order valence-corrected chi connectivity index (χ4v) is 7.42. The number of anilines is 2. The molecule has 0 radical (unpaired) electrons. The van der Waals surface area contributed by atoms with E-state index >= 15 is 0 Å². The van der Waals surface area contributed by atoms with Crippen LogP contribution < -0.4 is 4.90 Å². The number of nitrogens with zero attached hydrogens (tertiary/aromatic N) is 2. The van der Waals surface area contributed by atoms with Crippen molar-refractivity contribution in [2.75, 3.05) is 11.4 Å². The van der Waals surface area contributed by atoms with Crippen molar-refractivity contribution < 1.29 is 0 Å². The van der Waals surface area contributed by atoms with Gasteiger partial charge in [-0.05, 0) is 100.0 Å². The Morgan fingerprint density at radius 2 is 0.980 bits per heavy atom. The summed E-state index contributed by atoms with van der Waals surface area (Å²) in [5, 5.41) is 2.51. The molecule has 9 rings (SSSR count). The Kier molecular flexibility index (Phi) is 7.68. The number of allylic oxidation sites excluding steroid dienone is 3. The first-order chi connectivity index (χ1) is 24.8. The Balaban J connectivity index is 1.23. The Labute approximate surface area is 293 Å². The van der Waals surface area contributed by atoms with Crippen LogP contribution in [-0.2, 0) is 6.42 Å². The van der Waals surface area contributed by atoms with Gasteiger partial charge in [-0.25, -0.2) is 0 Å². The molecule has 0 atom stereocenters. The Hall–Kier alpha value is -6.38. The third kappa shape index (κ3) is 5.51. The van der Waals surface area contributed by atoms with Crippen LogP contribution >= 0.6 is 0 Å². The van der Waals surface area contributed by atoms with Crippen molar-refractivity contribution in [3.05, 3.63) is 200 Å². The van der Waals surface area contributed by atoms with Gasteiger partial charge in [-0.2, -0.15) is 0 Å². The van der Waals surface area contributed by atoms with E-state index in [1.165, 1.54) is 72.1 Å². The third-order valence-electron chi connectivity index (χ3n) is 9.84. The number of benzene rings is 7. The SMILES string of the molecule is C1=CCc2cc(-c3ccc4c5ccccc5n(-c5cc(-c6ccccc6)cc(-c6ccccc6)c5)c4c3)ccc2N(c2ccccc2)CC=C1. The number of hydrogen-bond acceptors (Lipinski definition) is 1. The van der Waals surface area contributed by atoms with Crippen LogP contribution in [0.25, 0.3) is 60.9 Å². The van der Waals surface area contributed by atoms with Crippen LogP contribution in [-0.4, -0.2) is 11.1 Å². The molecule has 0 saturated heterocycles. The van der Waals surface area contributed by atoms with Crippen LogP contribution in [0.2, 0.25) is 0 Å². The van der Waals surface area contributed by atoms with Gasteiger partial charge >= 0.3 is 0 Å². The predicted molar refractivity (Wildman–Crippen MR) is 213 cm³/mol. The zero-order valence-electron chi connectivity index (χ0n) is 27.8. The van der Waals surface area contributed by atoms with Gasteiger partial charge in [0.05, 0.1) is 11.0 Å². The molecule has 0 amide bonds. The molecule has 1 aliphatic heterocycles. The molecule has 0 aliphatic carbocycles. The highest BCUT2D eigenvalue weighted by Crippen LogP contribution is 2.39. The molecule has 1 aliphatic rings. The van der Waals surface area contributed by atoms with E-state index in [9.17, 15) is 0 Å². The zero-order valence-corrected chi connectivity index (χ0v) is 27.8. The Morgan fingerprint density at radius 3 is 1.72 bits per heavy atom. The summed E-state index contributed by atoms with van der Waals surface area (Å²) in [5.41, 5.74) is 14.6. The number of rotatable bonds is 5. The summed E-state index contributed by atoms with van der Waals surface area (Å²) in [6.07, 6.45) is 9.69. The lowest BCUT2D eigenvalue weighted by atomic mass is 9.97. The van der Waals surface area contributed by atoms with Crippen molar-refractivity contribution in [3.8, 4) is 39.1 Å². The molecule has 0 N–H and O–H groups in total. The van der Waals surface area contributed by atoms with Crippen LogP contribution in [0.5, 0.6) is 0 Å². The molecular weight excluding hydrogens is 605 g/mol. The summed E-state index contributed by atoms with van der Waals surface area (Å²) >= 11 is 0. The fourth-order valence-electron chi connectivity index (χ4n) is 7.42. The average molecular weight is 641 g/mol. The van der Waals surface area contributed by atoms with Crippen LogP contribution in [0.1, 0.15) is 5.56 Å². The number of para-hydroxylation sites is 2. The molecule has 2 nitrogen and oxygen atoms in total. The minimum atomic E-state index is 0.819. The molecule has 0 bridgehead atoms. The number of fused-ring (bicyclic) bond motifs is 4. The van der Waals surface area contributed by atoms with Crippen molar-refractivity contribution in [2.45, 2.75) is 6.42 Å². The van der Waals surface area contributed by atoms with Gasteiger partial charge in [0, 0.05) is 34.4 Å². The summed E-state index contributed by atoms with van der Waals surface area (Å²) < 4.78 is 2.45. The van der Waals surface area contributed by atoms with Gasteiger partial charge in [0.15, 0.2) is 0 Å². The molecule has 8 aromatic rings. The van der Waals surface area contributed by atoms with Gasteiger partial charge < -0.3 is 9.47 Å². The summed E-state index contributed by atoms with van der Waals surface area (Å²) in [6.45, 7) is 0.819. The smallest absolute Gasteiger partial charge is 0.0547 e. The molecule has 0 saturated carbocycles. The van der Waals surface area contributed by atoms with Crippen LogP contribution in [0.15, 0.2) is 194 Å². The minimum absolute atomic E-state index is 0.819. The average Bonchev–Trinajstić information content (AvgIpc) is 3.57. The first kappa shape index (κ1) is 29.7. The van der Waals surface area contributed by atoms with Crippen LogP contribution in [0, 0.1) is 0 Å². The second kappa shape index (κ2) is 12.9. The summed E-state index contributed by atoms with van der Waals surface area (Å²) in [6, 6.07) is 61.9. The van der Waals surface area contributed by atoms with E-state index in [1.807, 2.05) is 0 Å². The molecule has 0 spiro atoms. The second-order valence-corrected chi connectivity index (χ2v) is 12.9. The van der Waals surface area contributed by atoms with E-state index in [0.29, 0.717) is 0 Å². The Morgan fingerprint density at radius 1 is 0.380 bits per heavy atom. The Bertz CT molecular complexity index is 2460. The van der Waals surface area contributed by atoms with Gasteiger partial charge in [0.1, 0.15) is 0 Å². The zero-order chi connectivity index (χ0) is 33.3. The minimum Gasteiger partial charge on any atom is -0.337 e. The lowest BCUT2D eigenvalue weighted by Gasteiger charge is -2.26. The van der Waals surface area contributed by atoms with Crippen molar-refractivity contribution in [1.82, 2.24) is 4.57 Å². The largest absolute Gasteiger partial charge is 0.337 e. The van der Waals surface area contributed by atoms with E-state index in [4.69, 9.17) is 0 Å². The first-order valence-corrected chi connectivity index (χ1v) is 17.4. The third-order valence-corrected chi connectivity index (χ3v) is 9.84. The molecule has 50 heavy (non-hydrogen) atoms. The normalized spacial score (nSPS) is 12.8. The maximum Gasteiger partial charge on any atom is 0.0547 e. The van der Waals surface area contributed by atoms with E-state index in [2.05, 4.69) is 204 Å². The summed E-state index contributed by atoms with van der Waals surface area (Å²) in [5.74, 6) is 0. The van der Waals surface area contributed by atoms with Crippen LogP contribution in [0.3, 0.4) is 0 Å². The highest BCUT2D eigenvalue weighted by Gasteiger charge is 2.17. The lowest BCUT2D eigenvalue weighted by Crippen LogP contribution is -2.18. The number of aromatic nitrogens is 1. The maximum atomic E-state index is 2.45. The molecule has 1 aromatic heterocycles. The van der Waals surface area contributed by atoms with Crippen molar-refractivity contribution in [2.24, 2.45) is 0 Å². The van der Waals surface area contributed by atoms with Crippen molar-refractivity contribution >= 4 is 33.2 Å². The van der Waals surface area contributed by atoms with Crippen LogP contribution in [0.4, 0.5) is 11.4 Å². The molecular formula is C48H36N2. The van der Waals surface area contributed by atoms with Crippen molar-refractivity contribution in [3.63, 3.8) is 0 Å². The molecule has 238 valence electrons. The highest BCUT2D eigenvalue weighted by molar-refractivity contribution is 6.10. The molecule has 7 aromatic carbocycles. The van der Waals surface area contributed by atoms with E-state index < -0.39 is 0 Å². The van der Waals surface area contributed by atoms with Gasteiger partial charge in [-0.1, -0.05) is 140 Å². The molecule has 2 heteroatoms. The van der Waals surface area contributed by atoms with Gasteiger partial charge in [-0.15, -0.1) is 0 Å². The van der Waals surface area contributed by atoms with E-state index in [1.54, 1.807) is 0 Å². The maximum absolute atomic E-state index is 2.45. The predicted octanol–water partition coefficient (Wildman–Crippen LogP) is 12.6. The van der Waals surface area contributed by atoms with Gasteiger partial charge in [0.2, 0.25) is 0 Å².